The number of guanidine groups is 1. The van der Waals surface area contributed by atoms with E-state index in [2.05, 4.69) is 36.0 Å². The topological polar surface area (TPSA) is 82.3 Å². The van der Waals surface area contributed by atoms with Crippen LogP contribution in [0.5, 0.6) is 0 Å². The highest BCUT2D eigenvalue weighted by molar-refractivity contribution is 9.10. The predicted molar refractivity (Wildman–Crippen MR) is 107 cm³/mol. The number of aliphatic imine (C=N–C) groups is 2. The summed E-state index contributed by atoms with van der Waals surface area (Å²) in [5.74, 6) is -0.361. The van der Waals surface area contributed by atoms with E-state index in [-0.39, 0.29) is 23.3 Å². The van der Waals surface area contributed by atoms with Crippen LogP contribution in [0, 0.1) is 19.3 Å². The van der Waals surface area contributed by atoms with Gasteiger partial charge < -0.3 is 19.7 Å². The summed E-state index contributed by atoms with van der Waals surface area (Å²) in [5.41, 5.74) is 2.77. The summed E-state index contributed by atoms with van der Waals surface area (Å²) in [5, 5.41) is 11.3. The molecule has 0 aliphatic carbocycles. The van der Waals surface area contributed by atoms with Gasteiger partial charge in [-0.15, -0.1) is 0 Å². The number of hydrogen-bond donors (Lipinski definition) is 2. The molecule has 2 aliphatic rings. The van der Waals surface area contributed by atoms with Crippen LogP contribution in [0.15, 0.2) is 38.4 Å². The Morgan fingerprint density at radius 1 is 1.25 bits per heavy atom. The highest BCUT2D eigenvalue weighted by Gasteiger charge is 2.27. The second kappa shape index (κ2) is 8.78. The van der Waals surface area contributed by atoms with Gasteiger partial charge in [0.05, 0.1) is 18.8 Å². The minimum Gasteiger partial charge on any atom is -0.416 e. The third kappa shape index (κ3) is 4.74. The molecule has 2 aliphatic heterocycles. The third-order valence-corrected chi connectivity index (χ3v) is 4.71. The van der Waals surface area contributed by atoms with E-state index in [1.807, 2.05) is 26.0 Å². The molecule has 2 heterocycles. The highest BCUT2D eigenvalue weighted by Crippen LogP contribution is 2.26. The SMILES string of the molecule is Cc1cc(Br)cc(C)c1N/C=C1\C(=N)N=C(N2CCOCC2)N=C1OC(F)F. The van der Waals surface area contributed by atoms with Crippen molar-refractivity contribution in [2.45, 2.75) is 20.5 Å². The lowest BCUT2D eigenvalue weighted by Gasteiger charge is -2.29. The molecule has 3 rings (SSSR count). The molecule has 28 heavy (non-hydrogen) atoms. The van der Waals surface area contributed by atoms with E-state index in [0.717, 1.165) is 21.3 Å². The molecule has 0 spiro atoms. The summed E-state index contributed by atoms with van der Waals surface area (Å²) in [7, 11) is 0. The number of halogens is 3. The van der Waals surface area contributed by atoms with Gasteiger partial charge in [-0.1, -0.05) is 15.9 Å². The molecule has 7 nitrogen and oxygen atoms in total. The Kier molecular flexibility index (Phi) is 6.40. The monoisotopic (exact) mass is 455 g/mol. The second-order valence-corrected chi connectivity index (χ2v) is 7.19. The Bertz CT molecular complexity index is 841. The molecule has 1 saturated heterocycles. The van der Waals surface area contributed by atoms with E-state index in [0.29, 0.717) is 26.3 Å². The molecule has 2 N–H and O–H groups in total. The van der Waals surface area contributed by atoms with E-state index in [1.165, 1.54) is 6.20 Å². The Morgan fingerprint density at radius 2 is 1.89 bits per heavy atom. The average molecular weight is 456 g/mol. The van der Waals surface area contributed by atoms with E-state index < -0.39 is 6.61 Å². The number of hydrogen-bond acceptors (Lipinski definition) is 6. The van der Waals surface area contributed by atoms with Gasteiger partial charge in [0.2, 0.25) is 11.9 Å². The summed E-state index contributed by atoms with van der Waals surface area (Å²) in [6.07, 6.45) is 1.42. The summed E-state index contributed by atoms with van der Waals surface area (Å²) in [6.45, 7) is 2.79. The Labute approximate surface area is 169 Å². The summed E-state index contributed by atoms with van der Waals surface area (Å²) < 4.78 is 36.6. The molecule has 0 atom stereocenters. The zero-order valence-corrected chi connectivity index (χ0v) is 17.0. The van der Waals surface area contributed by atoms with Gasteiger partial charge >= 0.3 is 6.61 Å². The van der Waals surface area contributed by atoms with Crippen LogP contribution >= 0.6 is 15.9 Å². The molecule has 0 amide bonds. The van der Waals surface area contributed by atoms with Gasteiger partial charge in [-0.3, -0.25) is 5.41 Å². The number of benzene rings is 1. The molecular weight excluding hydrogens is 436 g/mol. The number of morpholine rings is 1. The van der Waals surface area contributed by atoms with Crippen molar-refractivity contribution in [1.82, 2.24) is 4.90 Å². The summed E-state index contributed by atoms with van der Waals surface area (Å²) in [4.78, 5) is 10.1. The normalized spacial score (nSPS) is 19.0. The molecule has 1 aromatic rings. The first-order valence-corrected chi connectivity index (χ1v) is 9.42. The van der Waals surface area contributed by atoms with E-state index in [4.69, 9.17) is 10.1 Å². The fourth-order valence-electron chi connectivity index (χ4n) is 2.93. The minimum atomic E-state index is -3.06. The molecule has 150 valence electrons. The Morgan fingerprint density at radius 3 is 2.50 bits per heavy atom. The maximum Gasteiger partial charge on any atom is 0.388 e. The molecule has 0 bridgehead atoms. The van der Waals surface area contributed by atoms with Gasteiger partial charge in [0.15, 0.2) is 5.84 Å². The van der Waals surface area contributed by atoms with E-state index in [9.17, 15) is 8.78 Å². The van der Waals surface area contributed by atoms with Crippen molar-refractivity contribution >= 4 is 39.3 Å². The largest absolute Gasteiger partial charge is 0.416 e. The van der Waals surface area contributed by atoms with Crippen LogP contribution in [0.25, 0.3) is 0 Å². The van der Waals surface area contributed by atoms with Crippen LogP contribution in [-0.2, 0) is 9.47 Å². The maximum atomic E-state index is 12.9. The molecule has 0 aromatic heterocycles. The third-order valence-electron chi connectivity index (χ3n) is 4.25. The molecule has 1 fully saturated rings. The average Bonchev–Trinajstić information content (AvgIpc) is 2.62. The van der Waals surface area contributed by atoms with Crippen molar-refractivity contribution < 1.29 is 18.3 Å². The van der Waals surface area contributed by atoms with Crippen LogP contribution in [0.2, 0.25) is 0 Å². The molecule has 1 aromatic carbocycles. The second-order valence-electron chi connectivity index (χ2n) is 6.27. The van der Waals surface area contributed by atoms with Crippen molar-refractivity contribution in [2.24, 2.45) is 9.98 Å². The molecule has 0 unspecified atom stereocenters. The van der Waals surface area contributed by atoms with Crippen molar-refractivity contribution in [3.8, 4) is 0 Å². The smallest absolute Gasteiger partial charge is 0.388 e. The van der Waals surface area contributed by atoms with Crippen LogP contribution in [-0.4, -0.2) is 55.5 Å². The van der Waals surface area contributed by atoms with Gasteiger partial charge in [0.25, 0.3) is 0 Å². The quantitative estimate of drug-likeness (QED) is 0.727. The number of alkyl halides is 2. The lowest BCUT2D eigenvalue weighted by atomic mass is 10.1. The van der Waals surface area contributed by atoms with Crippen LogP contribution in [0.1, 0.15) is 11.1 Å². The lowest BCUT2D eigenvalue weighted by Crippen LogP contribution is -2.42. The van der Waals surface area contributed by atoms with Crippen LogP contribution in [0.4, 0.5) is 14.5 Å². The number of rotatable bonds is 3. The van der Waals surface area contributed by atoms with Gasteiger partial charge in [-0.25, -0.2) is 0 Å². The molecular formula is C18H20BrF2N5O2. The standard InChI is InChI=1S/C18H20BrF2N5O2/c1-10-7-12(19)8-11(2)14(10)23-9-13-15(22)24-18(25-16(13)28-17(20)21)26-3-5-27-6-4-26/h7-9,17,22-23H,3-6H2,1-2H3/b13-9+,22-15?. The van der Waals surface area contributed by atoms with E-state index >= 15 is 0 Å². The molecule has 0 radical (unpaired) electrons. The van der Waals surface area contributed by atoms with Crippen molar-refractivity contribution in [1.29, 1.82) is 5.41 Å². The van der Waals surface area contributed by atoms with Gasteiger partial charge in [-0.2, -0.15) is 18.8 Å². The number of aryl methyl sites for hydroxylation is 2. The fourth-order valence-corrected chi connectivity index (χ4v) is 3.62. The van der Waals surface area contributed by atoms with Crippen LogP contribution < -0.4 is 5.32 Å². The first kappa shape index (κ1) is 20.4. The fraction of sp³-hybridized carbons (Fsp3) is 0.389. The first-order chi connectivity index (χ1) is 13.3. The molecule has 0 saturated carbocycles. The van der Waals surface area contributed by atoms with Crippen molar-refractivity contribution in [2.75, 3.05) is 31.6 Å². The number of ether oxygens (including phenoxy) is 2. The Balaban J connectivity index is 1.89. The predicted octanol–water partition coefficient (Wildman–Crippen LogP) is 3.68. The number of nitrogens with zero attached hydrogens (tertiary/aromatic N) is 3. The minimum absolute atomic E-state index is 0.0547. The van der Waals surface area contributed by atoms with E-state index in [1.54, 1.807) is 4.90 Å². The first-order valence-electron chi connectivity index (χ1n) is 8.63. The van der Waals surface area contributed by atoms with Crippen LogP contribution in [0.3, 0.4) is 0 Å². The zero-order valence-electron chi connectivity index (χ0n) is 15.4. The van der Waals surface area contributed by atoms with Crippen molar-refractivity contribution in [3.63, 3.8) is 0 Å². The van der Waals surface area contributed by atoms with Crippen molar-refractivity contribution in [3.05, 3.63) is 39.5 Å². The summed E-state index contributed by atoms with van der Waals surface area (Å²) >= 11 is 3.43. The number of amidine groups is 1. The highest BCUT2D eigenvalue weighted by atomic mass is 79.9. The Hall–Kier alpha value is -2.33. The zero-order chi connectivity index (χ0) is 20.3. The summed E-state index contributed by atoms with van der Waals surface area (Å²) in [6, 6.07) is 3.86. The molecule has 10 heteroatoms. The number of nitrogens with one attached hydrogen (secondary N) is 2. The maximum absolute atomic E-state index is 12.9. The van der Waals surface area contributed by atoms with Gasteiger partial charge in [0, 0.05) is 29.4 Å². The lowest BCUT2D eigenvalue weighted by molar-refractivity contribution is -0.0596. The van der Waals surface area contributed by atoms with Gasteiger partial charge in [-0.05, 0) is 37.1 Å². The number of anilines is 1. The van der Waals surface area contributed by atoms with Gasteiger partial charge in [0.1, 0.15) is 0 Å².